The van der Waals surface area contributed by atoms with Crippen LogP contribution in [0.5, 0.6) is 11.5 Å². The lowest BCUT2D eigenvalue weighted by molar-refractivity contribution is -0.116. The molecule has 1 aliphatic rings. The van der Waals surface area contributed by atoms with Crippen LogP contribution in [0.2, 0.25) is 5.02 Å². The fraction of sp³-hybridized carbons (Fsp3) is 0.409. The fourth-order valence-electron chi connectivity index (χ4n) is 3.40. The van der Waals surface area contributed by atoms with E-state index in [-0.39, 0.29) is 17.9 Å². The number of rotatable bonds is 9. The number of methoxy groups -OCH3 is 1. The second kappa shape index (κ2) is 10.4. The quantitative estimate of drug-likeness (QED) is 0.578. The van der Waals surface area contributed by atoms with Crippen LogP contribution in [-0.2, 0) is 4.79 Å². The van der Waals surface area contributed by atoms with E-state index in [1.165, 1.54) is 0 Å². The van der Waals surface area contributed by atoms with Gasteiger partial charge in [0.15, 0.2) is 0 Å². The summed E-state index contributed by atoms with van der Waals surface area (Å²) in [6.07, 6.45) is 0.825. The van der Waals surface area contributed by atoms with E-state index in [2.05, 4.69) is 4.90 Å². The Morgan fingerprint density at radius 2 is 2.07 bits per heavy atom. The van der Waals surface area contributed by atoms with Crippen LogP contribution in [-0.4, -0.2) is 56.4 Å². The van der Waals surface area contributed by atoms with Crippen molar-refractivity contribution in [1.82, 2.24) is 4.90 Å². The Morgan fingerprint density at radius 1 is 1.27 bits per heavy atom. The predicted octanol–water partition coefficient (Wildman–Crippen LogP) is 4.20. The lowest BCUT2D eigenvalue weighted by atomic mass is 10.1. The zero-order chi connectivity index (χ0) is 21.7. The summed E-state index contributed by atoms with van der Waals surface area (Å²) in [6, 6.07) is 11.2. The molecule has 6 nitrogen and oxygen atoms in total. The van der Waals surface area contributed by atoms with Crippen LogP contribution >= 0.6 is 23.4 Å². The van der Waals surface area contributed by atoms with E-state index in [4.69, 9.17) is 26.2 Å². The maximum Gasteiger partial charge on any atom is 0.225 e. The summed E-state index contributed by atoms with van der Waals surface area (Å²) in [4.78, 5) is 17.3. The third kappa shape index (κ3) is 5.21. The minimum Gasteiger partial charge on any atom is -0.497 e. The molecule has 0 saturated carbocycles. The number of anilines is 1. The largest absolute Gasteiger partial charge is 0.497 e. The van der Waals surface area contributed by atoms with E-state index in [1.807, 2.05) is 37.4 Å². The normalized spacial score (nSPS) is 15.4. The summed E-state index contributed by atoms with van der Waals surface area (Å²) < 4.78 is 11.5. The lowest BCUT2D eigenvalue weighted by Gasteiger charge is -2.26. The number of aliphatic hydroxyl groups is 1. The Hall–Kier alpha value is -1.93. The molecule has 1 aliphatic heterocycles. The third-order valence-corrected chi connectivity index (χ3v) is 6.40. The van der Waals surface area contributed by atoms with E-state index in [0.717, 1.165) is 34.9 Å². The highest BCUT2D eigenvalue weighted by molar-refractivity contribution is 8.00. The van der Waals surface area contributed by atoms with Gasteiger partial charge in [-0.25, -0.2) is 0 Å². The molecule has 1 unspecified atom stereocenters. The number of aliphatic hydroxyl groups excluding tert-OH is 1. The van der Waals surface area contributed by atoms with Crippen LogP contribution in [0.4, 0.5) is 5.69 Å². The van der Waals surface area contributed by atoms with Crippen molar-refractivity contribution >= 4 is 35.0 Å². The average Bonchev–Trinajstić information content (AvgIpc) is 3.10. The summed E-state index contributed by atoms with van der Waals surface area (Å²) in [5, 5.41) is 9.38. The summed E-state index contributed by atoms with van der Waals surface area (Å²) in [7, 11) is 3.59. The summed E-state index contributed by atoms with van der Waals surface area (Å²) in [5.74, 6) is 1.38. The van der Waals surface area contributed by atoms with Crippen LogP contribution in [0.25, 0.3) is 0 Å². The molecule has 1 heterocycles. The molecule has 0 aromatic heterocycles. The Balaban J connectivity index is 1.84. The molecular formula is C22H27ClN2O4S. The van der Waals surface area contributed by atoms with Gasteiger partial charge in [-0.1, -0.05) is 23.4 Å². The minimum atomic E-state index is -0.266. The van der Waals surface area contributed by atoms with Crippen LogP contribution < -0.4 is 14.4 Å². The molecule has 1 atom stereocenters. The van der Waals surface area contributed by atoms with Gasteiger partial charge in [0, 0.05) is 35.5 Å². The first-order valence-electron chi connectivity index (χ1n) is 9.80. The number of likely N-dealkylation sites (N-methyl/N-ethyl adjacent to an activating group) is 1. The van der Waals surface area contributed by atoms with E-state index in [9.17, 15) is 4.79 Å². The van der Waals surface area contributed by atoms with Crippen LogP contribution in [0.15, 0.2) is 41.3 Å². The predicted molar refractivity (Wildman–Crippen MR) is 121 cm³/mol. The van der Waals surface area contributed by atoms with Gasteiger partial charge in [0.05, 0.1) is 26.0 Å². The molecule has 162 valence electrons. The van der Waals surface area contributed by atoms with Gasteiger partial charge in [0.1, 0.15) is 16.9 Å². The maximum absolute atomic E-state index is 12.5. The molecule has 0 saturated heterocycles. The topological polar surface area (TPSA) is 62.2 Å². The van der Waals surface area contributed by atoms with Crippen molar-refractivity contribution in [3.63, 3.8) is 0 Å². The number of halogens is 1. The van der Waals surface area contributed by atoms with Gasteiger partial charge in [-0.2, -0.15) is 0 Å². The maximum atomic E-state index is 12.5. The first-order chi connectivity index (χ1) is 14.4. The van der Waals surface area contributed by atoms with Crippen LogP contribution in [0.3, 0.4) is 0 Å². The number of benzene rings is 2. The molecule has 1 amide bonds. The number of carbonyl (C=O) groups excluding carboxylic acids is 1. The van der Waals surface area contributed by atoms with Gasteiger partial charge in [-0.3, -0.25) is 9.69 Å². The van der Waals surface area contributed by atoms with Crippen LogP contribution in [0, 0.1) is 0 Å². The molecule has 0 aliphatic carbocycles. The highest BCUT2D eigenvalue weighted by Gasteiger charge is 2.36. The molecule has 0 bridgehead atoms. The molecule has 0 spiro atoms. The van der Waals surface area contributed by atoms with E-state index < -0.39 is 0 Å². The van der Waals surface area contributed by atoms with Gasteiger partial charge >= 0.3 is 0 Å². The molecule has 2 aromatic carbocycles. The Bertz CT molecular complexity index is 895. The highest BCUT2D eigenvalue weighted by Crippen LogP contribution is 2.54. The average molecular weight is 451 g/mol. The van der Waals surface area contributed by atoms with Gasteiger partial charge in [0.25, 0.3) is 0 Å². The second-order valence-corrected chi connectivity index (χ2v) is 8.66. The zero-order valence-corrected chi connectivity index (χ0v) is 19.0. The first-order valence-corrected chi connectivity index (χ1v) is 11.1. The van der Waals surface area contributed by atoms with E-state index in [1.54, 1.807) is 36.8 Å². The summed E-state index contributed by atoms with van der Waals surface area (Å²) in [5.41, 5.74) is 1.73. The monoisotopic (exact) mass is 450 g/mol. The number of ether oxygens (including phenoxy) is 2. The third-order valence-electron chi connectivity index (χ3n) is 4.90. The number of amides is 1. The van der Waals surface area contributed by atoms with Gasteiger partial charge in [0.2, 0.25) is 5.91 Å². The van der Waals surface area contributed by atoms with E-state index >= 15 is 0 Å². The van der Waals surface area contributed by atoms with Crippen molar-refractivity contribution in [3.05, 3.63) is 47.0 Å². The number of carbonyl (C=O) groups is 1. The molecular weight excluding hydrogens is 424 g/mol. The minimum absolute atomic E-state index is 0.0482. The smallest absolute Gasteiger partial charge is 0.225 e. The number of thioether (sulfide) groups is 1. The molecule has 2 aromatic rings. The van der Waals surface area contributed by atoms with Crippen molar-refractivity contribution in [2.45, 2.75) is 23.6 Å². The Morgan fingerprint density at radius 3 is 2.77 bits per heavy atom. The van der Waals surface area contributed by atoms with Crippen molar-refractivity contribution in [2.75, 3.05) is 45.4 Å². The second-order valence-electron chi connectivity index (χ2n) is 7.10. The van der Waals surface area contributed by atoms with E-state index in [0.29, 0.717) is 23.9 Å². The number of hydrogen-bond acceptors (Lipinski definition) is 6. The summed E-state index contributed by atoms with van der Waals surface area (Å²) in [6.45, 7) is 3.71. The molecule has 3 rings (SSSR count). The van der Waals surface area contributed by atoms with Crippen molar-refractivity contribution in [1.29, 1.82) is 0 Å². The Labute approximate surface area is 186 Å². The van der Waals surface area contributed by atoms with Crippen molar-refractivity contribution in [2.24, 2.45) is 0 Å². The number of fused-ring (bicyclic) bond motifs is 1. The van der Waals surface area contributed by atoms with Gasteiger partial charge in [-0.15, -0.1) is 0 Å². The SMILES string of the molecule is COc1ccc(OCCCN(C)CCO)c(C2Sc3cc(Cl)ccc3N2C(C)=O)c1. The van der Waals surface area contributed by atoms with Crippen molar-refractivity contribution in [3.8, 4) is 11.5 Å². The summed E-state index contributed by atoms with van der Waals surface area (Å²) >= 11 is 7.75. The van der Waals surface area contributed by atoms with Gasteiger partial charge < -0.3 is 19.5 Å². The molecule has 8 heteroatoms. The fourth-order valence-corrected chi connectivity index (χ4v) is 5.03. The molecule has 1 N–H and O–H groups in total. The van der Waals surface area contributed by atoms with Crippen molar-refractivity contribution < 1.29 is 19.4 Å². The molecule has 30 heavy (non-hydrogen) atoms. The standard InChI is InChI=1S/C22H27ClN2O4S/c1-15(27)25-19-7-5-16(23)13-21(19)30-22(25)18-14-17(28-3)6-8-20(18)29-12-4-9-24(2)10-11-26/h5-8,13-14,22,26H,4,9-12H2,1-3H3. The highest BCUT2D eigenvalue weighted by atomic mass is 35.5. The number of nitrogens with zero attached hydrogens (tertiary/aromatic N) is 2. The molecule has 0 fully saturated rings. The van der Waals surface area contributed by atoms with Crippen LogP contribution in [0.1, 0.15) is 24.3 Å². The first kappa shape index (κ1) is 22.7. The zero-order valence-electron chi connectivity index (χ0n) is 17.4. The lowest BCUT2D eigenvalue weighted by Crippen LogP contribution is -2.28. The number of hydrogen-bond donors (Lipinski definition) is 1. The molecule has 0 radical (unpaired) electrons. The van der Waals surface area contributed by atoms with Gasteiger partial charge in [-0.05, 0) is 49.9 Å². The Kier molecular flexibility index (Phi) is 7.88.